The molecular formula is C20H32N4O. The van der Waals surface area contributed by atoms with Crippen molar-refractivity contribution in [3.05, 3.63) is 17.5 Å². The van der Waals surface area contributed by atoms with E-state index < -0.39 is 0 Å². The van der Waals surface area contributed by atoms with Crippen molar-refractivity contribution in [3.8, 4) is 0 Å². The number of anilines is 1. The molecule has 0 saturated carbocycles. The number of aromatic nitrogens is 2. The number of fused-ring (bicyclic) bond motifs is 1. The highest BCUT2D eigenvalue weighted by atomic mass is 16.1. The second-order valence-electron chi connectivity index (χ2n) is 8.39. The van der Waals surface area contributed by atoms with Crippen LogP contribution in [0.1, 0.15) is 77.1 Å². The van der Waals surface area contributed by atoms with Gasteiger partial charge in [-0.25, -0.2) is 9.97 Å². The van der Waals surface area contributed by atoms with Crippen molar-refractivity contribution in [2.75, 3.05) is 18.0 Å². The third-order valence-corrected chi connectivity index (χ3v) is 5.73. The highest BCUT2D eigenvalue weighted by molar-refractivity contribution is 5.79. The lowest BCUT2D eigenvalue weighted by molar-refractivity contribution is -0.126. The summed E-state index contributed by atoms with van der Waals surface area (Å²) in [5, 5.41) is 3.29. The summed E-state index contributed by atoms with van der Waals surface area (Å²) in [4.78, 5) is 24.4. The average molecular weight is 345 g/mol. The van der Waals surface area contributed by atoms with Gasteiger partial charge in [0.25, 0.3) is 0 Å². The van der Waals surface area contributed by atoms with Crippen LogP contribution in [0.3, 0.4) is 0 Å². The maximum atomic E-state index is 12.6. The van der Waals surface area contributed by atoms with E-state index >= 15 is 0 Å². The van der Waals surface area contributed by atoms with Gasteiger partial charge in [-0.2, -0.15) is 0 Å². The van der Waals surface area contributed by atoms with Gasteiger partial charge in [-0.15, -0.1) is 0 Å². The average Bonchev–Trinajstić information content (AvgIpc) is 3.08. The Morgan fingerprint density at radius 1 is 1.32 bits per heavy atom. The Bertz CT molecular complexity index is 618. The molecule has 1 unspecified atom stereocenters. The number of amides is 1. The Labute approximate surface area is 151 Å². The molecule has 1 aromatic rings. The number of hydrogen-bond donors (Lipinski definition) is 1. The van der Waals surface area contributed by atoms with Crippen LogP contribution in [0.4, 0.5) is 5.95 Å². The van der Waals surface area contributed by atoms with E-state index in [0.29, 0.717) is 0 Å². The molecule has 25 heavy (non-hydrogen) atoms. The van der Waals surface area contributed by atoms with E-state index in [1.165, 1.54) is 12.8 Å². The molecule has 0 bridgehead atoms. The number of carbonyl (C=O) groups is 1. The lowest BCUT2D eigenvalue weighted by Gasteiger charge is -2.37. The van der Waals surface area contributed by atoms with Gasteiger partial charge in [0.15, 0.2) is 0 Å². The summed E-state index contributed by atoms with van der Waals surface area (Å²) < 4.78 is 0. The molecule has 0 radical (unpaired) electrons. The van der Waals surface area contributed by atoms with Crippen molar-refractivity contribution < 1.29 is 4.79 Å². The van der Waals surface area contributed by atoms with Crippen LogP contribution in [-0.2, 0) is 11.2 Å². The molecule has 1 aromatic heterocycles. The fraction of sp³-hybridized carbons (Fsp3) is 0.750. The fourth-order valence-electron chi connectivity index (χ4n) is 4.18. The topological polar surface area (TPSA) is 58.1 Å². The minimum absolute atomic E-state index is 0.0273. The van der Waals surface area contributed by atoms with Gasteiger partial charge in [-0.1, -0.05) is 27.7 Å². The first kappa shape index (κ1) is 18.2. The number of hydrogen-bond acceptors (Lipinski definition) is 4. The Balaban J connectivity index is 1.85. The molecule has 1 aliphatic heterocycles. The van der Waals surface area contributed by atoms with E-state index in [9.17, 15) is 4.79 Å². The first-order valence-electron chi connectivity index (χ1n) is 9.84. The first-order valence-corrected chi connectivity index (χ1v) is 9.84. The molecule has 0 aromatic carbocycles. The van der Waals surface area contributed by atoms with E-state index in [1.54, 1.807) is 0 Å². The monoisotopic (exact) mass is 344 g/mol. The van der Waals surface area contributed by atoms with Gasteiger partial charge in [-0.3, -0.25) is 4.79 Å². The number of nitrogens with zero attached hydrogens (tertiary/aromatic N) is 3. The SMILES string of the molecule is CCC(CC)C(=O)NC1CC(C)(C)Cc2nc(N3CCCC3)ncc21. The Morgan fingerprint density at radius 2 is 2.00 bits per heavy atom. The number of carbonyl (C=O) groups excluding carboxylic acids is 1. The molecule has 0 spiro atoms. The highest BCUT2D eigenvalue weighted by Gasteiger charge is 2.35. The van der Waals surface area contributed by atoms with E-state index in [-0.39, 0.29) is 23.3 Å². The zero-order valence-electron chi connectivity index (χ0n) is 16.1. The van der Waals surface area contributed by atoms with Gasteiger partial charge in [0.2, 0.25) is 11.9 Å². The molecule has 2 heterocycles. The second kappa shape index (κ2) is 7.30. The molecule has 5 nitrogen and oxygen atoms in total. The molecule has 1 amide bonds. The summed E-state index contributed by atoms with van der Waals surface area (Å²) in [5.41, 5.74) is 2.36. The van der Waals surface area contributed by atoms with E-state index in [0.717, 1.165) is 56.0 Å². The minimum Gasteiger partial charge on any atom is -0.349 e. The Morgan fingerprint density at radius 3 is 2.64 bits per heavy atom. The van der Waals surface area contributed by atoms with Crippen molar-refractivity contribution in [3.63, 3.8) is 0 Å². The molecule has 3 rings (SSSR count). The van der Waals surface area contributed by atoms with Crippen LogP contribution in [0, 0.1) is 11.3 Å². The lowest BCUT2D eigenvalue weighted by Crippen LogP contribution is -2.39. The van der Waals surface area contributed by atoms with Gasteiger partial charge in [0.05, 0.1) is 11.7 Å². The van der Waals surface area contributed by atoms with Crippen molar-refractivity contribution in [2.45, 2.75) is 72.3 Å². The van der Waals surface area contributed by atoms with Crippen LogP contribution >= 0.6 is 0 Å². The van der Waals surface area contributed by atoms with Crippen LogP contribution in [0.5, 0.6) is 0 Å². The zero-order valence-corrected chi connectivity index (χ0v) is 16.1. The maximum absolute atomic E-state index is 12.6. The molecule has 1 aliphatic carbocycles. The van der Waals surface area contributed by atoms with Crippen LogP contribution in [0.15, 0.2) is 6.20 Å². The largest absolute Gasteiger partial charge is 0.349 e. The Hall–Kier alpha value is -1.65. The van der Waals surface area contributed by atoms with Crippen molar-refractivity contribution in [1.29, 1.82) is 0 Å². The molecule has 5 heteroatoms. The molecule has 2 aliphatic rings. The van der Waals surface area contributed by atoms with Crippen molar-refractivity contribution in [1.82, 2.24) is 15.3 Å². The van der Waals surface area contributed by atoms with Gasteiger partial charge in [-0.05, 0) is 43.9 Å². The normalized spacial score (nSPS) is 22.1. The summed E-state index contributed by atoms with van der Waals surface area (Å²) in [6.07, 6.45) is 8.07. The van der Waals surface area contributed by atoms with E-state index in [2.05, 4.69) is 42.9 Å². The molecule has 1 N–H and O–H groups in total. The third kappa shape index (κ3) is 3.96. The van der Waals surface area contributed by atoms with Gasteiger partial charge < -0.3 is 10.2 Å². The molecular weight excluding hydrogens is 312 g/mol. The van der Waals surface area contributed by atoms with Gasteiger partial charge in [0.1, 0.15) is 0 Å². The number of rotatable bonds is 5. The maximum Gasteiger partial charge on any atom is 0.225 e. The summed E-state index contributed by atoms with van der Waals surface area (Å²) in [7, 11) is 0. The second-order valence-corrected chi connectivity index (χ2v) is 8.39. The third-order valence-electron chi connectivity index (χ3n) is 5.73. The molecule has 138 valence electrons. The summed E-state index contributed by atoms with van der Waals surface area (Å²) in [6, 6.07) is 0.0273. The van der Waals surface area contributed by atoms with Gasteiger partial charge >= 0.3 is 0 Å². The molecule has 1 atom stereocenters. The smallest absolute Gasteiger partial charge is 0.225 e. The fourth-order valence-corrected chi connectivity index (χ4v) is 4.18. The van der Waals surface area contributed by atoms with Crippen molar-refractivity contribution in [2.24, 2.45) is 11.3 Å². The summed E-state index contributed by atoms with van der Waals surface area (Å²) in [6.45, 7) is 10.8. The predicted octanol–water partition coefficient (Wildman–Crippen LogP) is 3.64. The van der Waals surface area contributed by atoms with Crippen LogP contribution in [-0.4, -0.2) is 29.0 Å². The molecule has 1 saturated heterocycles. The van der Waals surface area contributed by atoms with Crippen molar-refractivity contribution >= 4 is 11.9 Å². The van der Waals surface area contributed by atoms with Crippen LogP contribution in [0.2, 0.25) is 0 Å². The van der Waals surface area contributed by atoms with Crippen LogP contribution in [0.25, 0.3) is 0 Å². The number of nitrogens with one attached hydrogen (secondary N) is 1. The quantitative estimate of drug-likeness (QED) is 0.886. The minimum atomic E-state index is 0.0273. The summed E-state index contributed by atoms with van der Waals surface area (Å²) >= 11 is 0. The standard InChI is InChI=1S/C20H32N4O/c1-5-14(6-2)18(25)22-16-11-20(3,4)12-17-15(16)13-21-19(23-17)24-9-7-8-10-24/h13-14,16H,5-12H2,1-4H3,(H,22,25). The molecule has 1 fully saturated rings. The Kier molecular flexibility index (Phi) is 5.30. The van der Waals surface area contributed by atoms with Crippen LogP contribution < -0.4 is 10.2 Å². The van der Waals surface area contributed by atoms with E-state index in [4.69, 9.17) is 4.98 Å². The van der Waals surface area contributed by atoms with Gasteiger partial charge in [0, 0.05) is 30.8 Å². The summed E-state index contributed by atoms with van der Waals surface area (Å²) in [5.74, 6) is 1.12. The highest BCUT2D eigenvalue weighted by Crippen LogP contribution is 2.40. The predicted molar refractivity (Wildman–Crippen MR) is 101 cm³/mol. The zero-order chi connectivity index (χ0) is 18.0. The lowest BCUT2D eigenvalue weighted by atomic mass is 9.74. The first-order chi connectivity index (χ1) is 11.9. The van der Waals surface area contributed by atoms with E-state index in [1.807, 2.05) is 6.20 Å².